The summed E-state index contributed by atoms with van der Waals surface area (Å²) < 4.78 is 1.74. The molecule has 2 heterocycles. The zero-order valence-corrected chi connectivity index (χ0v) is 7.82. The van der Waals surface area contributed by atoms with Crippen molar-refractivity contribution in [3.05, 3.63) is 23.9 Å². The molecule has 0 amide bonds. The van der Waals surface area contributed by atoms with E-state index < -0.39 is 0 Å². The van der Waals surface area contributed by atoms with Crippen LogP contribution in [0.25, 0.3) is 5.65 Å². The van der Waals surface area contributed by atoms with Crippen molar-refractivity contribution in [1.82, 2.24) is 14.6 Å². The molecule has 0 fully saturated rings. The van der Waals surface area contributed by atoms with Gasteiger partial charge >= 0.3 is 0 Å². The van der Waals surface area contributed by atoms with Gasteiger partial charge in [0.05, 0.1) is 0 Å². The summed E-state index contributed by atoms with van der Waals surface area (Å²) in [6.45, 7) is 0. The Bertz CT molecular complexity index is 409. The second-order valence-electron chi connectivity index (χ2n) is 2.46. The van der Waals surface area contributed by atoms with Gasteiger partial charge in [-0.3, -0.25) is 4.40 Å². The summed E-state index contributed by atoms with van der Waals surface area (Å²) in [7, 11) is 0. The van der Waals surface area contributed by atoms with Crippen molar-refractivity contribution in [1.29, 1.82) is 0 Å². The quantitative estimate of drug-likeness (QED) is 0.745. The van der Waals surface area contributed by atoms with Crippen LogP contribution in [0.5, 0.6) is 0 Å². The first-order chi connectivity index (χ1) is 5.81. The third-order valence-electron chi connectivity index (χ3n) is 1.66. The number of rotatable bonds is 1. The number of fused-ring (bicyclic) bond motifs is 1. The van der Waals surface area contributed by atoms with Gasteiger partial charge in [-0.2, -0.15) is 0 Å². The molecule has 12 heavy (non-hydrogen) atoms. The summed E-state index contributed by atoms with van der Waals surface area (Å²) in [5.74, 6) is 0.422. The number of halogens is 1. The van der Waals surface area contributed by atoms with Crippen LogP contribution in [0.3, 0.4) is 0 Å². The maximum Gasteiger partial charge on any atom is 0.226 e. The van der Waals surface area contributed by atoms with Gasteiger partial charge in [0, 0.05) is 11.5 Å². The van der Waals surface area contributed by atoms with Crippen molar-refractivity contribution >= 4 is 27.5 Å². The van der Waals surface area contributed by atoms with Gasteiger partial charge in [-0.15, -0.1) is 10.2 Å². The highest BCUT2D eigenvalue weighted by Gasteiger charge is 2.00. The highest BCUT2D eigenvalue weighted by atomic mass is 79.9. The molecule has 0 spiro atoms. The van der Waals surface area contributed by atoms with Crippen molar-refractivity contribution < 1.29 is 0 Å². The van der Waals surface area contributed by atoms with Crippen molar-refractivity contribution in [2.75, 3.05) is 5.73 Å². The largest absolute Gasteiger partial charge is 0.368 e. The molecule has 0 saturated carbocycles. The number of aromatic nitrogens is 3. The molecule has 0 aromatic carbocycles. The first-order valence-corrected chi connectivity index (χ1v) is 4.58. The van der Waals surface area contributed by atoms with E-state index in [1.807, 2.05) is 18.3 Å². The molecule has 0 saturated heterocycles. The molecule has 62 valence electrons. The van der Waals surface area contributed by atoms with Crippen LogP contribution in [0.4, 0.5) is 5.95 Å². The van der Waals surface area contributed by atoms with Crippen molar-refractivity contribution in [3.63, 3.8) is 0 Å². The second kappa shape index (κ2) is 2.75. The molecular weight excluding hydrogens is 220 g/mol. The highest BCUT2D eigenvalue weighted by Crippen LogP contribution is 2.10. The maximum absolute atomic E-state index is 5.55. The number of hydrogen-bond donors (Lipinski definition) is 1. The lowest BCUT2D eigenvalue weighted by Crippen LogP contribution is -1.93. The number of hydrogen-bond acceptors (Lipinski definition) is 3. The van der Waals surface area contributed by atoms with E-state index >= 15 is 0 Å². The minimum Gasteiger partial charge on any atom is -0.368 e. The van der Waals surface area contributed by atoms with Crippen LogP contribution in [0.2, 0.25) is 0 Å². The number of nitrogens with two attached hydrogens (primary N) is 1. The Hall–Kier alpha value is -1.10. The molecule has 0 aliphatic rings. The molecule has 0 bridgehead atoms. The zero-order valence-electron chi connectivity index (χ0n) is 6.24. The summed E-state index contributed by atoms with van der Waals surface area (Å²) in [5, 5.41) is 8.46. The Balaban J connectivity index is 2.69. The molecule has 0 atom stereocenters. The van der Waals surface area contributed by atoms with E-state index in [0.717, 1.165) is 16.5 Å². The fourth-order valence-corrected chi connectivity index (χ4v) is 1.38. The Morgan fingerprint density at radius 1 is 1.50 bits per heavy atom. The van der Waals surface area contributed by atoms with Crippen LogP contribution in [0.1, 0.15) is 5.56 Å². The molecule has 2 rings (SSSR count). The summed E-state index contributed by atoms with van der Waals surface area (Å²) in [6.07, 6.45) is 1.86. The number of nitrogen functional groups attached to an aromatic ring is 1. The molecule has 2 N–H and O–H groups in total. The topological polar surface area (TPSA) is 56.2 Å². The molecule has 5 heteroatoms. The van der Waals surface area contributed by atoms with Crippen LogP contribution in [0.15, 0.2) is 18.3 Å². The summed E-state index contributed by atoms with van der Waals surface area (Å²) in [6, 6.07) is 3.92. The van der Waals surface area contributed by atoms with Gasteiger partial charge in [0.2, 0.25) is 5.95 Å². The number of alkyl halides is 1. The minimum absolute atomic E-state index is 0.422. The molecular formula is C7H7BrN4. The standard InChI is InChI=1S/C7H7BrN4/c8-4-5-1-2-12-6(3-5)10-11-7(12)9/h1-3H,4H2,(H2,9,11). The normalized spacial score (nSPS) is 10.8. The predicted octanol–water partition coefficient (Wildman–Crippen LogP) is 1.21. The first kappa shape index (κ1) is 7.54. The van der Waals surface area contributed by atoms with E-state index in [0.29, 0.717) is 5.95 Å². The zero-order chi connectivity index (χ0) is 8.55. The van der Waals surface area contributed by atoms with Gasteiger partial charge in [-0.05, 0) is 17.7 Å². The smallest absolute Gasteiger partial charge is 0.226 e. The van der Waals surface area contributed by atoms with Gasteiger partial charge in [-0.25, -0.2) is 0 Å². The average Bonchev–Trinajstić information content (AvgIpc) is 2.47. The third-order valence-corrected chi connectivity index (χ3v) is 2.30. The molecule has 2 aromatic rings. The Kier molecular flexibility index (Phi) is 1.73. The minimum atomic E-state index is 0.422. The van der Waals surface area contributed by atoms with Crippen LogP contribution >= 0.6 is 15.9 Å². The predicted molar refractivity (Wildman–Crippen MR) is 50.0 cm³/mol. The van der Waals surface area contributed by atoms with Crippen LogP contribution in [-0.2, 0) is 5.33 Å². The Morgan fingerprint density at radius 2 is 2.33 bits per heavy atom. The average molecular weight is 227 g/mol. The summed E-state index contributed by atoms with van der Waals surface area (Å²) in [5.41, 5.74) is 7.49. The molecule has 4 nitrogen and oxygen atoms in total. The van der Waals surface area contributed by atoms with Crippen LogP contribution in [0, 0.1) is 0 Å². The number of nitrogens with zero attached hydrogens (tertiary/aromatic N) is 3. The molecule has 0 radical (unpaired) electrons. The van der Waals surface area contributed by atoms with E-state index in [-0.39, 0.29) is 0 Å². The first-order valence-electron chi connectivity index (χ1n) is 3.46. The SMILES string of the molecule is Nc1nnc2cc(CBr)ccn12. The van der Waals surface area contributed by atoms with Gasteiger partial charge in [-0.1, -0.05) is 15.9 Å². The van der Waals surface area contributed by atoms with Crippen molar-refractivity contribution in [2.24, 2.45) is 0 Å². The molecule has 0 aliphatic carbocycles. The lowest BCUT2D eigenvalue weighted by Gasteiger charge is -1.96. The van der Waals surface area contributed by atoms with Crippen molar-refractivity contribution in [2.45, 2.75) is 5.33 Å². The van der Waals surface area contributed by atoms with Gasteiger partial charge < -0.3 is 5.73 Å². The fourth-order valence-electron chi connectivity index (χ4n) is 1.03. The summed E-state index contributed by atoms with van der Waals surface area (Å²) >= 11 is 3.36. The van der Waals surface area contributed by atoms with E-state index in [1.165, 1.54) is 0 Å². The number of anilines is 1. The third kappa shape index (κ3) is 1.06. The van der Waals surface area contributed by atoms with Gasteiger partial charge in [0.25, 0.3) is 0 Å². The van der Waals surface area contributed by atoms with Gasteiger partial charge in [0.1, 0.15) is 0 Å². The van der Waals surface area contributed by atoms with E-state index in [9.17, 15) is 0 Å². The fraction of sp³-hybridized carbons (Fsp3) is 0.143. The highest BCUT2D eigenvalue weighted by molar-refractivity contribution is 9.08. The lowest BCUT2D eigenvalue weighted by molar-refractivity contribution is 1.12. The maximum atomic E-state index is 5.55. The second-order valence-corrected chi connectivity index (χ2v) is 3.02. The van der Waals surface area contributed by atoms with Gasteiger partial charge in [0.15, 0.2) is 5.65 Å². The molecule has 0 aliphatic heterocycles. The Labute approximate surface area is 77.5 Å². The van der Waals surface area contributed by atoms with Crippen molar-refractivity contribution in [3.8, 4) is 0 Å². The van der Waals surface area contributed by atoms with E-state index in [2.05, 4.69) is 26.1 Å². The monoisotopic (exact) mass is 226 g/mol. The Morgan fingerprint density at radius 3 is 3.08 bits per heavy atom. The molecule has 0 unspecified atom stereocenters. The molecule has 2 aromatic heterocycles. The lowest BCUT2D eigenvalue weighted by atomic mass is 10.3. The summed E-state index contributed by atoms with van der Waals surface area (Å²) in [4.78, 5) is 0. The van der Waals surface area contributed by atoms with E-state index in [1.54, 1.807) is 4.40 Å². The van der Waals surface area contributed by atoms with Crippen LogP contribution < -0.4 is 5.73 Å². The van der Waals surface area contributed by atoms with E-state index in [4.69, 9.17) is 5.73 Å². The number of pyridine rings is 1. The van der Waals surface area contributed by atoms with Crippen LogP contribution in [-0.4, -0.2) is 14.6 Å².